The molecule has 0 saturated heterocycles. The second-order valence-corrected chi connectivity index (χ2v) is 7.55. The Morgan fingerprint density at radius 1 is 0.879 bits per heavy atom. The zero-order valence-electron chi connectivity index (χ0n) is 18.3. The fourth-order valence-corrected chi connectivity index (χ4v) is 3.23. The standard InChI is InChI=1S/C26H23N5O2/c1-18-12-14-20(15-13-18)24-21(17-31(30-24)22-9-4-3-5-10-22)16-27-29-26(33)25(32)28-23-11-7-6-8-19(23)2/h3-17H,1-2H3,(H,28,32)(H,29,33). The van der Waals surface area contributed by atoms with E-state index in [-0.39, 0.29) is 0 Å². The molecular weight excluding hydrogens is 414 g/mol. The molecule has 4 rings (SSSR count). The van der Waals surface area contributed by atoms with Gasteiger partial charge in [-0.3, -0.25) is 9.59 Å². The van der Waals surface area contributed by atoms with E-state index in [4.69, 9.17) is 5.10 Å². The summed E-state index contributed by atoms with van der Waals surface area (Å²) in [7, 11) is 0. The molecule has 7 nitrogen and oxygen atoms in total. The molecule has 0 aliphatic rings. The van der Waals surface area contributed by atoms with E-state index in [0.29, 0.717) is 16.9 Å². The Labute approximate surface area is 191 Å². The van der Waals surface area contributed by atoms with Gasteiger partial charge in [0.25, 0.3) is 0 Å². The third-order valence-electron chi connectivity index (χ3n) is 5.06. The average molecular weight is 438 g/mol. The van der Waals surface area contributed by atoms with Gasteiger partial charge in [0, 0.05) is 23.0 Å². The molecule has 0 aliphatic heterocycles. The second-order valence-electron chi connectivity index (χ2n) is 7.55. The van der Waals surface area contributed by atoms with Crippen molar-refractivity contribution in [1.82, 2.24) is 15.2 Å². The highest BCUT2D eigenvalue weighted by Gasteiger charge is 2.15. The number of carbonyl (C=O) groups excluding carboxylic acids is 2. The van der Waals surface area contributed by atoms with Gasteiger partial charge in [0.05, 0.1) is 11.9 Å². The number of aromatic nitrogens is 2. The van der Waals surface area contributed by atoms with Crippen LogP contribution in [0.15, 0.2) is 90.2 Å². The molecule has 0 radical (unpaired) electrons. The number of anilines is 1. The molecule has 2 N–H and O–H groups in total. The zero-order chi connectivity index (χ0) is 23.2. The van der Waals surface area contributed by atoms with Gasteiger partial charge in [-0.05, 0) is 37.6 Å². The first kappa shape index (κ1) is 21.7. The highest BCUT2D eigenvalue weighted by Crippen LogP contribution is 2.23. The van der Waals surface area contributed by atoms with Gasteiger partial charge in [-0.2, -0.15) is 10.2 Å². The first-order valence-corrected chi connectivity index (χ1v) is 10.4. The molecule has 0 aliphatic carbocycles. The molecule has 0 atom stereocenters. The van der Waals surface area contributed by atoms with E-state index in [0.717, 1.165) is 22.4 Å². The number of hydrazone groups is 1. The summed E-state index contributed by atoms with van der Waals surface area (Å²) in [5.41, 5.74) is 8.09. The van der Waals surface area contributed by atoms with Crippen LogP contribution >= 0.6 is 0 Å². The highest BCUT2D eigenvalue weighted by molar-refractivity contribution is 6.39. The van der Waals surface area contributed by atoms with Gasteiger partial charge in [0.2, 0.25) is 0 Å². The SMILES string of the molecule is Cc1ccc(-c2nn(-c3ccccc3)cc2C=NNC(=O)C(=O)Nc2ccccc2C)cc1. The molecule has 2 amide bonds. The van der Waals surface area contributed by atoms with Crippen LogP contribution in [0.1, 0.15) is 16.7 Å². The highest BCUT2D eigenvalue weighted by atomic mass is 16.2. The summed E-state index contributed by atoms with van der Waals surface area (Å²) >= 11 is 0. The number of hydrogen-bond donors (Lipinski definition) is 2. The lowest BCUT2D eigenvalue weighted by Gasteiger charge is -2.06. The Bertz CT molecular complexity index is 1310. The first-order valence-electron chi connectivity index (χ1n) is 10.4. The fraction of sp³-hybridized carbons (Fsp3) is 0.0769. The molecule has 1 heterocycles. The Hall–Kier alpha value is -4.52. The van der Waals surface area contributed by atoms with Gasteiger partial charge in [-0.1, -0.05) is 66.2 Å². The Balaban J connectivity index is 1.54. The molecule has 0 spiro atoms. The summed E-state index contributed by atoms with van der Waals surface area (Å²) in [5.74, 6) is -1.65. The summed E-state index contributed by atoms with van der Waals surface area (Å²) < 4.78 is 1.75. The summed E-state index contributed by atoms with van der Waals surface area (Å²) in [6, 6.07) is 24.9. The summed E-state index contributed by atoms with van der Waals surface area (Å²) in [6.45, 7) is 3.87. The number of rotatable bonds is 5. The maximum absolute atomic E-state index is 12.2. The van der Waals surface area contributed by atoms with E-state index in [1.807, 2.05) is 86.8 Å². The summed E-state index contributed by atoms with van der Waals surface area (Å²) in [4.78, 5) is 24.4. The number of amides is 2. The van der Waals surface area contributed by atoms with Crippen molar-refractivity contribution < 1.29 is 9.59 Å². The topological polar surface area (TPSA) is 88.4 Å². The van der Waals surface area contributed by atoms with Crippen molar-refractivity contribution in [2.75, 3.05) is 5.32 Å². The van der Waals surface area contributed by atoms with Crippen molar-refractivity contribution in [3.63, 3.8) is 0 Å². The molecule has 4 aromatic rings. The second kappa shape index (κ2) is 9.74. The smallest absolute Gasteiger partial charge is 0.317 e. The number of nitrogens with zero attached hydrogens (tertiary/aromatic N) is 3. The van der Waals surface area contributed by atoms with Gasteiger partial charge in [0.1, 0.15) is 5.69 Å². The van der Waals surface area contributed by atoms with Crippen LogP contribution < -0.4 is 10.7 Å². The summed E-state index contributed by atoms with van der Waals surface area (Å²) in [6.07, 6.45) is 3.31. The largest absolute Gasteiger partial charge is 0.329 e. The Morgan fingerprint density at radius 3 is 2.30 bits per heavy atom. The van der Waals surface area contributed by atoms with Gasteiger partial charge in [-0.15, -0.1) is 0 Å². The minimum absolute atomic E-state index is 0.576. The van der Waals surface area contributed by atoms with Crippen molar-refractivity contribution in [2.45, 2.75) is 13.8 Å². The molecule has 0 bridgehead atoms. The molecule has 164 valence electrons. The number of para-hydroxylation sites is 2. The van der Waals surface area contributed by atoms with Gasteiger partial charge >= 0.3 is 11.8 Å². The van der Waals surface area contributed by atoms with Crippen molar-refractivity contribution in [2.24, 2.45) is 5.10 Å². The summed E-state index contributed by atoms with van der Waals surface area (Å²) in [5, 5.41) is 11.3. The van der Waals surface area contributed by atoms with Gasteiger partial charge in [0.15, 0.2) is 0 Å². The zero-order valence-corrected chi connectivity index (χ0v) is 18.3. The van der Waals surface area contributed by atoms with Gasteiger partial charge < -0.3 is 5.32 Å². The van der Waals surface area contributed by atoms with Crippen LogP contribution in [0, 0.1) is 13.8 Å². The van der Waals surface area contributed by atoms with E-state index in [1.54, 1.807) is 16.8 Å². The van der Waals surface area contributed by atoms with Crippen LogP contribution in [0.3, 0.4) is 0 Å². The lowest BCUT2D eigenvalue weighted by molar-refractivity contribution is -0.136. The van der Waals surface area contributed by atoms with Crippen LogP contribution in [-0.2, 0) is 9.59 Å². The normalized spacial score (nSPS) is 10.8. The molecule has 0 saturated carbocycles. The average Bonchev–Trinajstić information content (AvgIpc) is 3.25. The van der Waals surface area contributed by atoms with E-state index < -0.39 is 11.8 Å². The van der Waals surface area contributed by atoms with E-state index in [1.165, 1.54) is 6.21 Å². The predicted molar refractivity (Wildman–Crippen MR) is 129 cm³/mol. The third-order valence-corrected chi connectivity index (χ3v) is 5.06. The Morgan fingerprint density at radius 2 is 1.58 bits per heavy atom. The molecule has 0 unspecified atom stereocenters. The molecule has 3 aromatic carbocycles. The van der Waals surface area contributed by atoms with Crippen LogP contribution in [0.2, 0.25) is 0 Å². The fourth-order valence-electron chi connectivity index (χ4n) is 3.23. The van der Waals surface area contributed by atoms with Crippen molar-refractivity contribution in [3.05, 3.63) is 102 Å². The van der Waals surface area contributed by atoms with E-state index >= 15 is 0 Å². The lowest BCUT2D eigenvalue weighted by Crippen LogP contribution is -2.32. The predicted octanol–water partition coefficient (Wildman–Crippen LogP) is 4.24. The van der Waals surface area contributed by atoms with Crippen molar-refractivity contribution in [1.29, 1.82) is 0 Å². The maximum Gasteiger partial charge on any atom is 0.329 e. The minimum atomic E-state index is -0.859. The number of carbonyl (C=O) groups is 2. The maximum atomic E-state index is 12.2. The van der Waals surface area contributed by atoms with Crippen LogP contribution in [0.4, 0.5) is 5.69 Å². The number of aryl methyl sites for hydroxylation is 2. The molecular formula is C26H23N5O2. The molecule has 1 aromatic heterocycles. The molecule has 7 heteroatoms. The number of benzene rings is 3. The molecule has 0 fully saturated rings. The van der Waals surface area contributed by atoms with Crippen LogP contribution in [-0.4, -0.2) is 27.8 Å². The Kier molecular flexibility index (Phi) is 6.40. The van der Waals surface area contributed by atoms with Crippen LogP contribution in [0.5, 0.6) is 0 Å². The van der Waals surface area contributed by atoms with E-state index in [2.05, 4.69) is 15.8 Å². The first-order chi connectivity index (χ1) is 16.0. The van der Waals surface area contributed by atoms with Gasteiger partial charge in [-0.25, -0.2) is 10.1 Å². The quantitative estimate of drug-likeness (QED) is 0.278. The van der Waals surface area contributed by atoms with Crippen molar-refractivity contribution in [3.8, 4) is 16.9 Å². The number of nitrogens with one attached hydrogen (secondary N) is 2. The van der Waals surface area contributed by atoms with E-state index in [9.17, 15) is 9.59 Å². The minimum Gasteiger partial charge on any atom is -0.317 e. The molecule has 33 heavy (non-hydrogen) atoms. The monoisotopic (exact) mass is 437 g/mol. The third kappa shape index (κ3) is 5.22. The lowest BCUT2D eigenvalue weighted by atomic mass is 10.1. The van der Waals surface area contributed by atoms with Crippen LogP contribution in [0.25, 0.3) is 16.9 Å². The number of hydrogen-bond acceptors (Lipinski definition) is 4. The van der Waals surface area contributed by atoms with Crippen molar-refractivity contribution >= 4 is 23.7 Å².